The van der Waals surface area contributed by atoms with Crippen LogP contribution in [0.4, 0.5) is 5.69 Å². The van der Waals surface area contributed by atoms with Gasteiger partial charge in [0.2, 0.25) is 0 Å². The molecule has 0 radical (unpaired) electrons. The maximum absolute atomic E-state index is 12.9. The third-order valence-corrected chi connectivity index (χ3v) is 5.08. The number of ketones is 1. The summed E-state index contributed by atoms with van der Waals surface area (Å²) < 4.78 is 5.10. The molecule has 30 heavy (non-hydrogen) atoms. The third-order valence-electron chi connectivity index (χ3n) is 5.08. The van der Waals surface area contributed by atoms with Crippen LogP contribution in [0.25, 0.3) is 5.76 Å². The molecule has 1 fully saturated rings. The van der Waals surface area contributed by atoms with Crippen LogP contribution in [0.2, 0.25) is 0 Å². The molecule has 2 aromatic rings. The Balaban J connectivity index is 2.21. The van der Waals surface area contributed by atoms with Crippen LogP contribution in [0, 0.1) is 10.1 Å². The van der Waals surface area contributed by atoms with E-state index in [9.17, 15) is 24.8 Å². The fraction of sp³-hybridized carbons (Fsp3) is 0.273. The minimum absolute atomic E-state index is 0.157. The fourth-order valence-electron chi connectivity index (χ4n) is 3.55. The van der Waals surface area contributed by atoms with Gasteiger partial charge in [-0.25, -0.2) is 0 Å². The van der Waals surface area contributed by atoms with Gasteiger partial charge in [0, 0.05) is 18.2 Å². The summed E-state index contributed by atoms with van der Waals surface area (Å²) in [6.07, 6.45) is 1.39. The van der Waals surface area contributed by atoms with Crippen LogP contribution in [0.1, 0.15) is 36.9 Å². The summed E-state index contributed by atoms with van der Waals surface area (Å²) in [4.78, 5) is 38.0. The van der Waals surface area contributed by atoms with Crippen LogP contribution >= 0.6 is 0 Å². The molecule has 1 N–H and O–H groups in total. The van der Waals surface area contributed by atoms with Crippen molar-refractivity contribution in [2.75, 3.05) is 13.7 Å². The number of aliphatic hydroxyl groups excluding tert-OH is 1. The minimum Gasteiger partial charge on any atom is -0.507 e. The van der Waals surface area contributed by atoms with Crippen LogP contribution in [-0.4, -0.2) is 40.3 Å². The molecular weight excluding hydrogens is 388 g/mol. The van der Waals surface area contributed by atoms with E-state index in [0.717, 1.165) is 6.42 Å². The highest BCUT2D eigenvalue weighted by molar-refractivity contribution is 6.46. The number of amides is 1. The molecule has 0 saturated carbocycles. The summed E-state index contributed by atoms with van der Waals surface area (Å²) in [6, 6.07) is 11.3. The van der Waals surface area contributed by atoms with Gasteiger partial charge in [-0.2, -0.15) is 0 Å². The summed E-state index contributed by atoms with van der Waals surface area (Å²) in [5.74, 6) is -1.45. The van der Waals surface area contributed by atoms with E-state index in [1.54, 1.807) is 30.3 Å². The zero-order valence-electron chi connectivity index (χ0n) is 16.7. The quantitative estimate of drug-likeness (QED) is 0.244. The summed E-state index contributed by atoms with van der Waals surface area (Å²) in [5.41, 5.74) is 0.128. The highest BCUT2D eigenvalue weighted by atomic mass is 16.6. The molecule has 156 valence electrons. The number of nitrogens with zero attached hydrogens (tertiary/aromatic N) is 2. The summed E-state index contributed by atoms with van der Waals surface area (Å²) >= 11 is 0. The van der Waals surface area contributed by atoms with Crippen molar-refractivity contribution in [1.29, 1.82) is 0 Å². The molecule has 1 saturated heterocycles. The first kappa shape index (κ1) is 21.0. The number of para-hydroxylation sites is 1. The van der Waals surface area contributed by atoms with Gasteiger partial charge in [0.1, 0.15) is 11.5 Å². The van der Waals surface area contributed by atoms with Gasteiger partial charge in [-0.1, -0.05) is 25.5 Å². The largest absolute Gasteiger partial charge is 0.507 e. The van der Waals surface area contributed by atoms with E-state index < -0.39 is 22.7 Å². The highest BCUT2D eigenvalue weighted by Gasteiger charge is 2.47. The Morgan fingerprint density at radius 3 is 2.43 bits per heavy atom. The number of Topliss-reactive ketones (excluding diaryl/α,β-unsaturated/α-hetero) is 1. The molecule has 0 unspecified atom stereocenters. The first-order valence-corrected chi connectivity index (χ1v) is 9.56. The van der Waals surface area contributed by atoms with Crippen molar-refractivity contribution >= 4 is 23.1 Å². The summed E-state index contributed by atoms with van der Waals surface area (Å²) in [7, 11) is 1.50. The van der Waals surface area contributed by atoms with E-state index in [2.05, 4.69) is 0 Å². The lowest BCUT2D eigenvalue weighted by Gasteiger charge is -2.25. The number of carbonyl (C=O) groups is 2. The number of unbranched alkanes of at least 4 members (excludes halogenated alkanes) is 1. The first-order chi connectivity index (χ1) is 14.4. The number of ether oxygens (including phenoxy) is 1. The summed E-state index contributed by atoms with van der Waals surface area (Å²) in [6.45, 7) is 2.19. The number of nitro benzene ring substituents is 1. The van der Waals surface area contributed by atoms with E-state index in [1.165, 1.54) is 30.2 Å². The molecule has 0 bridgehead atoms. The van der Waals surface area contributed by atoms with Crippen LogP contribution < -0.4 is 4.74 Å². The van der Waals surface area contributed by atoms with Crippen molar-refractivity contribution in [3.05, 3.63) is 75.3 Å². The van der Waals surface area contributed by atoms with E-state index in [0.29, 0.717) is 17.7 Å². The van der Waals surface area contributed by atoms with Crippen molar-refractivity contribution in [3.8, 4) is 5.75 Å². The second-order valence-corrected chi connectivity index (χ2v) is 6.89. The Labute approximate surface area is 173 Å². The normalized spacial score (nSPS) is 17.9. The lowest BCUT2D eigenvalue weighted by atomic mass is 9.94. The standard InChI is InChI=1S/C22H22N2O6/c1-3-4-13-23-19(16-7-5-6-8-17(16)24(28)29)18(21(26)22(23)27)20(25)14-9-11-15(30-2)12-10-14/h5-12,19,25H,3-4,13H2,1-2H3/b20-18+/t19-/m1/s1. The third kappa shape index (κ3) is 3.76. The number of hydrogen-bond donors (Lipinski definition) is 1. The molecule has 8 heteroatoms. The number of hydrogen-bond acceptors (Lipinski definition) is 6. The molecule has 1 amide bonds. The van der Waals surface area contributed by atoms with Crippen molar-refractivity contribution < 1.29 is 24.4 Å². The topological polar surface area (TPSA) is 110 Å². The second-order valence-electron chi connectivity index (χ2n) is 6.89. The van der Waals surface area contributed by atoms with Gasteiger partial charge in [-0.05, 0) is 36.8 Å². The molecule has 1 atom stereocenters. The van der Waals surface area contributed by atoms with Crippen molar-refractivity contribution in [3.63, 3.8) is 0 Å². The Morgan fingerprint density at radius 1 is 1.17 bits per heavy atom. The lowest BCUT2D eigenvalue weighted by molar-refractivity contribution is -0.385. The second kappa shape index (κ2) is 8.77. The van der Waals surface area contributed by atoms with Gasteiger partial charge >= 0.3 is 0 Å². The van der Waals surface area contributed by atoms with Gasteiger partial charge < -0.3 is 14.7 Å². The molecule has 1 heterocycles. The molecule has 1 aliphatic heterocycles. The molecule has 3 rings (SSSR count). The Hall–Kier alpha value is -3.68. The zero-order chi connectivity index (χ0) is 21.8. The molecule has 2 aromatic carbocycles. The number of rotatable bonds is 7. The number of aliphatic hydroxyl groups is 1. The maximum Gasteiger partial charge on any atom is 0.295 e. The van der Waals surface area contributed by atoms with Crippen LogP contribution in [-0.2, 0) is 9.59 Å². The van der Waals surface area contributed by atoms with E-state index in [4.69, 9.17) is 4.74 Å². The Kier molecular flexibility index (Phi) is 6.15. The molecule has 0 aromatic heterocycles. The maximum atomic E-state index is 12.9. The van der Waals surface area contributed by atoms with Crippen LogP contribution in [0.5, 0.6) is 5.75 Å². The minimum atomic E-state index is -1.04. The van der Waals surface area contributed by atoms with Gasteiger partial charge in [-0.15, -0.1) is 0 Å². The average molecular weight is 410 g/mol. The molecule has 1 aliphatic rings. The van der Waals surface area contributed by atoms with Crippen LogP contribution in [0.3, 0.4) is 0 Å². The zero-order valence-corrected chi connectivity index (χ0v) is 16.7. The smallest absolute Gasteiger partial charge is 0.295 e. The monoisotopic (exact) mass is 410 g/mol. The number of carbonyl (C=O) groups excluding carboxylic acids is 2. The first-order valence-electron chi connectivity index (χ1n) is 9.56. The average Bonchev–Trinajstić information content (AvgIpc) is 3.01. The molecular formula is C22H22N2O6. The van der Waals surface area contributed by atoms with Crippen molar-refractivity contribution in [2.45, 2.75) is 25.8 Å². The lowest BCUT2D eigenvalue weighted by Crippen LogP contribution is -2.30. The Morgan fingerprint density at radius 2 is 1.83 bits per heavy atom. The number of likely N-dealkylation sites (tertiary alicyclic amines) is 1. The van der Waals surface area contributed by atoms with Gasteiger partial charge in [-0.3, -0.25) is 19.7 Å². The van der Waals surface area contributed by atoms with Gasteiger partial charge in [0.15, 0.2) is 0 Å². The van der Waals surface area contributed by atoms with Gasteiger partial charge in [0.05, 0.1) is 29.2 Å². The Bertz CT molecular complexity index is 1010. The number of benzene rings is 2. The predicted octanol–water partition coefficient (Wildman–Crippen LogP) is 3.83. The predicted molar refractivity (Wildman–Crippen MR) is 110 cm³/mol. The van der Waals surface area contributed by atoms with E-state index >= 15 is 0 Å². The molecule has 8 nitrogen and oxygen atoms in total. The van der Waals surface area contributed by atoms with E-state index in [-0.39, 0.29) is 29.1 Å². The van der Waals surface area contributed by atoms with Gasteiger partial charge in [0.25, 0.3) is 17.4 Å². The number of methoxy groups -OCH3 is 1. The van der Waals surface area contributed by atoms with Crippen molar-refractivity contribution in [1.82, 2.24) is 4.90 Å². The SMILES string of the molecule is CCCCN1C(=O)C(=O)/C(=C(/O)c2ccc(OC)cc2)[C@H]1c1ccccc1[N+](=O)[O-]. The molecule has 0 aliphatic carbocycles. The number of nitro groups is 1. The van der Waals surface area contributed by atoms with Crippen LogP contribution in [0.15, 0.2) is 54.1 Å². The highest BCUT2D eigenvalue weighted by Crippen LogP contribution is 2.42. The van der Waals surface area contributed by atoms with E-state index in [1.807, 2.05) is 6.92 Å². The van der Waals surface area contributed by atoms with Crippen molar-refractivity contribution in [2.24, 2.45) is 0 Å². The summed E-state index contributed by atoms with van der Waals surface area (Å²) in [5, 5.41) is 22.5. The molecule has 0 spiro atoms. The fourth-order valence-corrected chi connectivity index (χ4v) is 3.55.